The number of pyridine rings is 1. The van der Waals surface area contributed by atoms with E-state index in [0.717, 1.165) is 5.69 Å². The molecule has 2 amide bonds. The molecule has 2 aromatic rings. The Morgan fingerprint density at radius 2 is 1.88 bits per heavy atom. The fraction of sp³-hybridized carbons (Fsp3) is 0.278. The number of hydrogen-bond acceptors (Lipinski definition) is 5. The molecule has 0 unspecified atom stereocenters. The van der Waals surface area contributed by atoms with Crippen molar-refractivity contribution in [1.82, 2.24) is 4.98 Å². The summed E-state index contributed by atoms with van der Waals surface area (Å²) in [5.41, 5.74) is 7.03. The van der Waals surface area contributed by atoms with Crippen LogP contribution < -0.4 is 20.5 Å². The molecule has 1 heterocycles. The van der Waals surface area contributed by atoms with Gasteiger partial charge in [0.05, 0.1) is 18.8 Å². The second-order valence-electron chi connectivity index (χ2n) is 5.71. The van der Waals surface area contributed by atoms with E-state index in [1.54, 1.807) is 31.2 Å². The average Bonchev–Trinajstić information content (AvgIpc) is 2.55. The number of aryl methyl sites for hydroxylation is 1. The first-order valence-electron chi connectivity index (χ1n) is 7.75. The zero-order chi connectivity index (χ0) is 18.6. The maximum absolute atomic E-state index is 12.5. The van der Waals surface area contributed by atoms with E-state index in [0.29, 0.717) is 11.4 Å². The molecule has 0 spiro atoms. The van der Waals surface area contributed by atoms with Crippen molar-refractivity contribution in [2.45, 2.75) is 26.9 Å². The maximum atomic E-state index is 12.5. The number of nitrogens with one attached hydrogen (secondary N) is 1. The number of methoxy groups -OCH3 is 1. The van der Waals surface area contributed by atoms with Gasteiger partial charge in [-0.1, -0.05) is 0 Å². The van der Waals surface area contributed by atoms with Crippen LogP contribution in [0.2, 0.25) is 0 Å². The predicted octanol–water partition coefficient (Wildman–Crippen LogP) is 2.54. The van der Waals surface area contributed by atoms with Gasteiger partial charge in [0.15, 0.2) is 0 Å². The Morgan fingerprint density at radius 1 is 1.16 bits per heavy atom. The van der Waals surface area contributed by atoms with Crippen molar-refractivity contribution in [2.75, 3.05) is 12.4 Å². The first kappa shape index (κ1) is 18.3. The van der Waals surface area contributed by atoms with Crippen molar-refractivity contribution in [3.63, 3.8) is 0 Å². The molecule has 1 aromatic heterocycles. The van der Waals surface area contributed by atoms with E-state index in [1.165, 1.54) is 13.2 Å². The number of nitrogens with zero attached hydrogens (tertiary/aromatic N) is 1. The third kappa shape index (κ3) is 4.47. The van der Waals surface area contributed by atoms with Crippen molar-refractivity contribution >= 4 is 17.5 Å². The van der Waals surface area contributed by atoms with Crippen molar-refractivity contribution < 1.29 is 19.1 Å². The van der Waals surface area contributed by atoms with Gasteiger partial charge in [0, 0.05) is 11.4 Å². The molecule has 0 bridgehead atoms. The van der Waals surface area contributed by atoms with Gasteiger partial charge < -0.3 is 20.5 Å². The van der Waals surface area contributed by atoms with Crippen molar-refractivity contribution in [3.05, 3.63) is 47.2 Å². The van der Waals surface area contributed by atoms with E-state index in [9.17, 15) is 9.59 Å². The summed E-state index contributed by atoms with van der Waals surface area (Å²) in [4.78, 5) is 28.3. The number of anilines is 1. The van der Waals surface area contributed by atoms with E-state index >= 15 is 0 Å². The SMILES string of the molecule is COc1nc(C)ccc1C(=O)Nc1ccc(OC(C)C)c(C(N)=O)c1. The van der Waals surface area contributed by atoms with Crippen LogP contribution >= 0.6 is 0 Å². The quantitative estimate of drug-likeness (QED) is 0.839. The van der Waals surface area contributed by atoms with Crippen LogP contribution in [0.25, 0.3) is 0 Å². The number of benzene rings is 1. The molecule has 0 fully saturated rings. The fourth-order valence-electron chi connectivity index (χ4n) is 2.22. The lowest BCUT2D eigenvalue weighted by Gasteiger charge is -2.14. The van der Waals surface area contributed by atoms with Crippen LogP contribution in [0.4, 0.5) is 5.69 Å². The summed E-state index contributed by atoms with van der Waals surface area (Å²) < 4.78 is 10.7. The standard InChI is InChI=1S/C18H21N3O4/c1-10(2)25-15-8-6-12(9-14(15)16(19)22)21-17(23)13-7-5-11(3)20-18(13)24-4/h5-10H,1-4H3,(H2,19,22)(H,21,23). The van der Waals surface area contributed by atoms with Crippen LogP contribution in [-0.2, 0) is 0 Å². The smallest absolute Gasteiger partial charge is 0.261 e. The highest BCUT2D eigenvalue weighted by Crippen LogP contribution is 2.25. The maximum Gasteiger partial charge on any atom is 0.261 e. The topological polar surface area (TPSA) is 104 Å². The summed E-state index contributed by atoms with van der Waals surface area (Å²) in [6.45, 7) is 5.49. The Kier molecular flexibility index (Phi) is 5.59. The molecule has 0 saturated heterocycles. The van der Waals surface area contributed by atoms with E-state index in [2.05, 4.69) is 10.3 Å². The predicted molar refractivity (Wildman–Crippen MR) is 94.2 cm³/mol. The van der Waals surface area contributed by atoms with Crippen LogP contribution in [0, 0.1) is 6.92 Å². The van der Waals surface area contributed by atoms with Gasteiger partial charge in [0.2, 0.25) is 5.88 Å². The Labute approximate surface area is 146 Å². The number of hydrogen-bond donors (Lipinski definition) is 2. The van der Waals surface area contributed by atoms with Gasteiger partial charge in [-0.2, -0.15) is 0 Å². The summed E-state index contributed by atoms with van der Waals surface area (Å²) in [5.74, 6) is -0.443. The molecule has 0 radical (unpaired) electrons. The monoisotopic (exact) mass is 343 g/mol. The van der Waals surface area contributed by atoms with E-state index in [4.69, 9.17) is 15.2 Å². The molecule has 0 atom stereocenters. The molecule has 2 rings (SSSR count). The molecule has 1 aromatic carbocycles. The molecule has 3 N–H and O–H groups in total. The second-order valence-corrected chi connectivity index (χ2v) is 5.71. The first-order chi connectivity index (χ1) is 11.8. The number of nitrogens with two attached hydrogens (primary N) is 1. The summed E-state index contributed by atoms with van der Waals surface area (Å²) in [6.07, 6.45) is -0.110. The van der Waals surface area contributed by atoms with Crippen molar-refractivity contribution in [1.29, 1.82) is 0 Å². The minimum atomic E-state index is -0.638. The van der Waals surface area contributed by atoms with Crippen molar-refractivity contribution in [2.24, 2.45) is 5.73 Å². The first-order valence-corrected chi connectivity index (χ1v) is 7.75. The Balaban J connectivity index is 2.29. The molecule has 25 heavy (non-hydrogen) atoms. The van der Waals surface area contributed by atoms with Gasteiger partial charge in [-0.05, 0) is 51.1 Å². The molecule has 0 aliphatic rings. The van der Waals surface area contributed by atoms with Crippen LogP contribution in [0.5, 0.6) is 11.6 Å². The lowest BCUT2D eigenvalue weighted by atomic mass is 10.1. The number of aromatic nitrogens is 1. The molecule has 7 heteroatoms. The highest BCUT2D eigenvalue weighted by Gasteiger charge is 2.16. The van der Waals surface area contributed by atoms with Gasteiger partial charge >= 0.3 is 0 Å². The highest BCUT2D eigenvalue weighted by atomic mass is 16.5. The number of rotatable bonds is 6. The Bertz CT molecular complexity index is 803. The van der Waals surface area contributed by atoms with Gasteiger partial charge in [0.1, 0.15) is 11.3 Å². The lowest BCUT2D eigenvalue weighted by Crippen LogP contribution is -2.18. The molecule has 0 aliphatic heterocycles. The third-order valence-electron chi connectivity index (χ3n) is 3.30. The second kappa shape index (κ2) is 7.65. The normalized spacial score (nSPS) is 10.4. The molecule has 132 valence electrons. The third-order valence-corrected chi connectivity index (χ3v) is 3.30. The fourth-order valence-corrected chi connectivity index (χ4v) is 2.22. The van der Waals surface area contributed by atoms with Gasteiger partial charge in [-0.15, -0.1) is 0 Å². The van der Waals surface area contributed by atoms with Gasteiger partial charge in [-0.25, -0.2) is 4.98 Å². The summed E-state index contributed by atoms with van der Waals surface area (Å²) in [6, 6.07) is 8.05. The van der Waals surface area contributed by atoms with Crippen LogP contribution in [0.1, 0.15) is 40.3 Å². The average molecular weight is 343 g/mol. The summed E-state index contributed by atoms with van der Waals surface area (Å²) in [5, 5.41) is 2.71. The zero-order valence-electron chi connectivity index (χ0n) is 14.6. The number of primary amides is 1. The van der Waals surface area contributed by atoms with Crippen LogP contribution in [0.3, 0.4) is 0 Å². The lowest BCUT2D eigenvalue weighted by molar-refractivity contribution is 0.0990. The highest BCUT2D eigenvalue weighted by molar-refractivity contribution is 6.06. The summed E-state index contributed by atoms with van der Waals surface area (Å²) in [7, 11) is 1.45. The van der Waals surface area contributed by atoms with Gasteiger partial charge in [-0.3, -0.25) is 9.59 Å². The van der Waals surface area contributed by atoms with Crippen LogP contribution in [-0.4, -0.2) is 30.0 Å². The summed E-state index contributed by atoms with van der Waals surface area (Å²) >= 11 is 0. The van der Waals surface area contributed by atoms with E-state index in [-0.39, 0.29) is 23.1 Å². The Morgan fingerprint density at radius 3 is 2.48 bits per heavy atom. The molecular weight excluding hydrogens is 322 g/mol. The molecule has 0 saturated carbocycles. The van der Waals surface area contributed by atoms with Crippen LogP contribution in [0.15, 0.2) is 30.3 Å². The number of carbonyl (C=O) groups excluding carboxylic acids is 2. The minimum absolute atomic E-state index is 0.110. The number of ether oxygens (including phenoxy) is 2. The molecular formula is C18H21N3O4. The zero-order valence-corrected chi connectivity index (χ0v) is 14.6. The van der Waals surface area contributed by atoms with E-state index in [1.807, 2.05) is 13.8 Å². The molecule has 0 aliphatic carbocycles. The minimum Gasteiger partial charge on any atom is -0.490 e. The van der Waals surface area contributed by atoms with Gasteiger partial charge in [0.25, 0.3) is 11.8 Å². The Hall–Kier alpha value is -3.09. The van der Waals surface area contributed by atoms with E-state index < -0.39 is 11.8 Å². The van der Waals surface area contributed by atoms with Crippen molar-refractivity contribution in [3.8, 4) is 11.6 Å². The number of amides is 2. The largest absolute Gasteiger partial charge is 0.490 e. The number of carbonyl (C=O) groups is 2. The molecule has 7 nitrogen and oxygen atoms in total.